The highest BCUT2D eigenvalue weighted by Gasteiger charge is 2.38. The van der Waals surface area contributed by atoms with Gasteiger partial charge in [0.05, 0.1) is 12.5 Å². The van der Waals surface area contributed by atoms with E-state index in [0.29, 0.717) is 5.56 Å². The molecule has 40 heavy (non-hydrogen) atoms. The van der Waals surface area contributed by atoms with Gasteiger partial charge in [-0.05, 0) is 47.4 Å². The maximum absolute atomic E-state index is 13.0. The molecule has 0 saturated carbocycles. The van der Waals surface area contributed by atoms with Crippen molar-refractivity contribution in [2.75, 3.05) is 13.1 Å². The molecule has 0 saturated heterocycles. The predicted octanol–water partition coefficient (Wildman–Crippen LogP) is 6.92. The molecule has 3 aromatic rings. The van der Waals surface area contributed by atoms with Gasteiger partial charge in [-0.25, -0.2) is 0 Å². The van der Waals surface area contributed by atoms with Gasteiger partial charge in [-0.3, -0.25) is 0 Å². The Bertz CT molecular complexity index is 1170. The first kappa shape index (κ1) is 31.1. The molecule has 0 bridgehead atoms. The van der Waals surface area contributed by atoms with Crippen LogP contribution in [0.4, 0.5) is 39.5 Å². The Hall–Kier alpha value is -3.45. The summed E-state index contributed by atoms with van der Waals surface area (Å²) >= 11 is 0. The number of halogens is 9. The highest BCUT2D eigenvalue weighted by molar-refractivity contribution is 5.47. The van der Waals surface area contributed by atoms with Crippen LogP contribution in [0.1, 0.15) is 23.1 Å². The lowest BCUT2D eigenvalue weighted by Crippen LogP contribution is -2.44. The minimum Gasteiger partial charge on any atom is -0.406 e. The zero-order valence-electron chi connectivity index (χ0n) is 20.6. The van der Waals surface area contributed by atoms with Gasteiger partial charge in [0.2, 0.25) is 0 Å². The van der Waals surface area contributed by atoms with Crippen LogP contribution in [0.15, 0.2) is 78.9 Å². The quantitative estimate of drug-likeness (QED) is 0.242. The van der Waals surface area contributed by atoms with Crippen LogP contribution in [0.3, 0.4) is 0 Å². The van der Waals surface area contributed by atoms with E-state index in [4.69, 9.17) is 0 Å². The molecule has 3 rings (SSSR count). The Kier molecular flexibility index (Phi) is 9.62. The summed E-state index contributed by atoms with van der Waals surface area (Å²) in [6.07, 6.45) is -18.1. The Morgan fingerprint density at radius 3 is 1.62 bits per heavy atom. The second-order valence-corrected chi connectivity index (χ2v) is 9.00. The van der Waals surface area contributed by atoms with Crippen LogP contribution in [-0.4, -0.2) is 43.2 Å². The van der Waals surface area contributed by atoms with E-state index in [9.17, 15) is 44.6 Å². The number of alkyl halides is 9. The van der Waals surface area contributed by atoms with E-state index in [1.165, 1.54) is 24.3 Å². The third-order valence-electron chi connectivity index (χ3n) is 5.86. The van der Waals surface area contributed by atoms with Crippen molar-refractivity contribution < 1.29 is 54.1 Å². The molecule has 13 heteroatoms. The van der Waals surface area contributed by atoms with Crippen LogP contribution in [0, 0.1) is 0 Å². The summed E-state index contributed by atoms with van der Waals surface area (Å²) in [5.41, 5.74) is -0.542. The van der Waals surface area contributed by atoms with E-state index in [1.807, 2.05) is 0 Å². The van der Waals surface area contributed by atoms with Crippen LogP contribution in [0.5, 0.6) is 11.5 Å². The van der Waals surface area contributed by atoms with Gasteiger partial charge in [0.25, 0.3) is 0 Å². The zero-order chi connectivity index (χ0) is 29.6. The number of nitrogens with one attached hydrogen (secondary N) is 1. The number of benzene rings is 3. The summed E-state index contributed by atoms with van der Waals surface area (Å²) in [6, 6.07) is 18.0. The Morgan fingerprint density at radius 2 is 1.18 bits per heavy atom. The Morgan fingerprint density at radius 1 is 0.675 bits per heavy atom. The smallest absolute Gasteiger partial charge is 0.406 e. The molecule has 3 aromatic carbocycles. The molecule has 2 N–H and O–H groups in total. The van der Waals surface area contributed by atoms with Gasteiger partial charge in [0.1, 0.15) is 11.5 Å². The van der Waals surface area contributed by atoms with E-state index in [-0.39, 0.29) is 24.1 Å². The van der Waals surface area contributed by atoms with Gasteiger partial charge in [-0.15, -0.1) is 26.3 Å². The van der Waals surface area contributed by atoms with Crippen molar-refractivity contribution in [1.29, 1.82) is 0 Å². The molecule has 0 aromatic heterocycles. The van der Waals surface area contributed by atoms with Crippen LogP contribution < -0.4 is 14.8 Å². The fourth-order valence-electron chi connectivity index (χ4n) is 4.36. The van der Waals surface area contributed by atoms with Crippen molar-refractivity contribution in [1.82, 2.24) is 5.32 Å². The van der Waals surface area contributed by atoms with Gasteiger partial charge in [0, 0.05) is 18.5 Å². The van der Waals surface area contributed by atoms with Crippen molar-refractivity contribution in [3.05, 3.63) is 95.6 Å². The first-order chi connectivity index (χ1) is 18.5. The number of ether oxygens (including phenoxy) is 2. The predicted molar refractivity (Wildman–Crippen MR) is 127 cm³/mol. The molecule has 0 radical (unpaired) electrons. The molecule has 0 aliphatic rings. The van der Waals surface area contributed by atoms with Crippen LogP contribution in [-0.2, 0) is 11.8 Å². The molecule has 0 aliphatic carbocycles. The highest BCUT2D eigenvalue weighted by atomic mass is 19.4. The summed E-state index contributed by atoms with van der Waals surface area (Å²) in [6.45, 7) is -0.852. The molecule has 0 fully saturated rings. The van der Waals surface area contributed by atoms with E-state index >= 15 is 0 Å². The van der Waals surface area contributed by atoms with Crippen LogP contribution in [0.25, 0.3) is 0 Å². The van der Waals surface area contributed by atoms with E-state index in [0.717, 1.165) is 24.3 Å². The van der Waals surface area contributed by atoms with E-state index in [2.05, 4.69) is 14.8 Å². The number of rotatable bonds is 11. The second kappa shape index (κ2) is 12.4. The third kappa shape index (κ3) is 9.63. The lowest BCUT2D eigenvalue weighted by Gasteiger charge is -2.37. The largest absolute Gasteiger partial charge is 0.573 e. The van der Waals surface area contributed by atoms with Gasteiger partial charge in [-0.2, -0.15) is 13.2 Å². The van der Waals surface area contributed by atoms with Crippen LogP contribution in [0.2, 0.25) is 0 Å². The molecule has 0 heterocycles. The van der Waals surface area contributed by atoms with Crippen LogP contribution >= 0.6 is 0 Å². The van der Waals surface area contributed by atoms with Gasteiger partial charge >= 0.3 is 18.9 Å². The number of hydrogen-bond donors (Lipinski definition) is 2. The Balaban J connectivity index is 2.14. The molecule has 218 valence electrons. The summed E-state index contributed by atoms with van der Waals surface area (Å²) in [5.74, 6) is -1.22. The van der Waals surface area contributed by atoms with Crippen molar-refractivity contribution in [3.8, 4) is 11.5 Å². The second-order valence-electron chi connectivity index (χ2n) is 9.00. The zero-order valence-corrected chi connectivity index (χ0v) is 20.6. The average Bonchev–Trinajstić information content (AvgIpc) is 2.81. The summed E-state index contributed by atoms with van der Waals surface area (Å²) < 4.78 is 124. The topological polar surface area (TPSA) is 50.7 Å². The molecule has 0 spiro atoms. The minimum absolute atomic E-state index is 0.0127. The summed E-state index contributed by atoms with van der Waals surface area (Å²) in [5, 5.41) is 12.6. The third-order valence-corrected chi connectivity index (χ3v) is 5.86. The fourth-order valence-corrected chi connectivity index (χ4v) is 4.36. The number of hydrogen-bond acceptors (Lipinski definition) is 4. The SMILES string of the molecule is O[C@H](CNCC(Cc1ccccc1)(c1cccc(OC(F)(F)F)c1)c1cccc(OC(F)(F)F)c1)CC(F)(F)F. The van der Waals surface area contributed by atoms with E-state index < -0.39 is 54.9 Å². The average molecular weight is 581 g/mol. The maximum Gasteiger partial charge on any atom is 0.573 e. The Labute approximate surface area is 223 Å². The van der Waals surface area contributed by atoms with Crippen molar-refractivity contribution in [2.24, 2.45) is 0 Å². The standard InChI is InChI=1S/C27H24F9NO3/c28-25(29,30)15-21(38)16-37-17-24(14-18-6-2-1-3-7-18,19-8-4-10-22(12-19)39-26(31,32)33)20-9-5-11-23(13-20)40-27(34,35)36/h1-13,21,37-38H,14-17H2/t21-/m0/s1. The lowest BCUT2D eigenvalue weighted by molar-refractivity contribution is -0.275. The number of aliphatic hydroxyl groups excluding tert-OH is 1. The van der Waals surface area contributed by atoms with Crippen molar-refractivity contribution >= 4 is 0 Å². The fraction of sp³-hybridized carbons (Fsp3) is 0.333. The molecule has 0 amide bonds. The maximum atomic E-state index is 13.0. The van der Waals surface area contributed by atoms with Gasteiger partial charge < -0.3 is 19.9 Å². The highest BCUT2D eigenvalue weighted by Crippen LogP contribution is 2.40. The molecule has 0 unspecified atom stereocenters. The van der Waals surface area contributed by atoms with Crippen molar-refractivity contribution in [2.45, 2.75) is 43.3 Å². The lowest BCUT2D eigenvalue weighted by atomic mass is 9.70. The summed E-state index contributed by atoms with van der Waals surface area (Å²) in [4.78, 5) is 0. The first-order valence-corrected chi connectivity index (χ1v) is 11.8. The molecule has 0 aliphatic heterocycles. The molecular weight excluding hydrogens is 557 g/mol. The molecule has 1 atom stereocenters. The number of aliphatic hydroxyl groups is 1. The minimum atomic E-state index is -5.04. The molecular formula is C27H24F9NO3. The van der Waals surface area contributed by atoms with Gasteiger partial charge in [0.15, 0.2) is 0 Å². The summed E-state index contributed by atoms with van der Waals surface area (Å²) in [7, 11) is 0. The molecule has 4 nitrogen and oxygen atoms in total. The normalized spacial score (nSPS) is 13.7. The first-order valence-electron chi connectivity index (χ1n) is 11.8. The van der Waals surface area contributed by atoms with E-state index in [1.54, 1.807) is 30.3 Å². The van der Waals surface area contributed by atoms with Crippen molar-refractivity contribution in [3.63, 3.8) is 0 Å². The monoisotopic (exact) mass is 581 g/mol. The van der Waals surface area contributed by atoms with Gasteiger partial charge in [-0.1, -0.05) is 54.6 Å².